The van der Waals surface area contributed by atoms with Gasteiger partial charge in [0.15, 0.2) is 0 Å². The lowest BCUT2D eigenvalue weighted by atomic mass is 9.88. The fraction of sp³-hybridized carbons (Fsp3) is 0.423. The average molecular weight is 419 g/mol. The fourth-order valence-electron chi connectivity index (χ4n) is 6.16. The number of carboxylic acid groups (broad SMARTS) is 1. The molecule has 31 heavy (non-hydrogen) atoms. The van der Waals surface area contributed by atoms with Crippen LogP contribution in [-0.2, 0) is 6.54 Å². The summed E-state index contributed by atoms with van der Waals surface area (Å²) in [4.78, 5) is 17.3. The summed E-state index contributed by atoms with van der Waals surface area (Å²) in [7, 11) is 1.75. The van der Waals surface area contributed by atoms with Crippen LogP contribution in [0.4, 0.5) is 0 Å². The average Bonchev–Trinajstić information content (AvgIpc) is 3.44. The number of ether oxygens (including phenoxy) is 1. The minimum Gasteiger partial charge on any atom is -0.496 e. The zero-order valence-corrected chi connectivity index (χ0v) is 18.4. The SMILES string of the molecule is COc1cc(C)c2[nH]ccc2c1CN1CC2CC(C)CC2C1c1ccc(C(=O)O)cc1. The molecule has 2 N–H and O–H groups in total. The number of nitrogens with zero attached hydrogens (tertiary/aromatic N) is 1. The topological polar surface area (TPSA) is 65.6 Å². The minimum atomic E-state index is -0.874. The van der Waals surface area contributed by atoms with Crippen molar-refractivity contribution in [2.24, 2.45) is 17.8 Å². The molecule has 2 heterocycles. The molecule has 5 nitrogen and oxygen atoms in total. The predicted octanol–water partition coefficient (Wildman–Crippen LogP) is 5.40. The molecule has 2 fully saturated rings. The Morgan fingerprint density at radius 2 is 2.00 bits per heavy atom. The maximum atomic E-state index is 11.3. The van der Waals surface area contributed by atoms with Crippen LogP contribution in [0.5, 0.6) is 5.75 Å². The first-order valence-corrected chi connectivity index (χ1v) is 11.2. The molecule has 1 aliphatic carbocycles. The number of aromatic nitrogens is 1. The van der Waals surface area contributed by atoms with E-state index in [1.807, 2.05) is 18.3 Å². The summed E-state index contributed by atoms with van der Waals surface area (Å²) in [5.74, 6) is 2.13. The monoisotopic (exact) mass is 418 g/mol. The van der Waals surface area contributed by atoms with Gasteiger partial charge in [0.1, 0.15) is 5.75 Å². The second-order valence-electron chi connectivity index (χ2n) is 9.44. The summed E-state index contributed by atoms with van der Waals surface area (Å²) >= 11 is 0. The van der Waals surface area contributed by atoms with Crippen molar-refractivity contribution in [1.82, 2.24) is 9.88 Å². The Kier molecular flexibility index (Phi) is 5.01. The number of hydrogen-bond acceptors (Lipinski definition) is 3. The van der Waals surface area contributed by atoms with Crippen LogP contribution in [0.3, 0.4) is 0 Å². The van der Waals surface area contributed by atoms with Crippen LogP contribution in [-0.4, -0.2) is 34.6 Å². The van der Waals surface area contributed by atoms with Gasteiger partial charge in [-0.25, -0.2) is 4.79 Å². The maximum Gasteiger partial charge on any atom is 0.335 e. The Bertz CT molecular complexity index is 1120. The number of fused-ring (bicyclic) bond motifs is 2. The van der Waals surface area contributed by atoms with Crippen LogP contribution in [0.25, 0.3) is 10.9 Å². The van der Waals surface area contributed by atoms with Crippen molar-refractivity contribution in [2.75, 3.05) is 13.7 Å². The maximum absolute atomic E-state index is 11.3. The van der Waals surface area contributed by atoms with Crippen molar-refractivity contribution in [3.8, 4) is 5.75 Å². The second-order valence-corrected chi connectivity index (χ2v) is 9.44. The van der Waals surface area contributed by atoms with Crippen LogP contribution in [0, 0.1) is 24.7 Å². The highest BCUT2D eigenvalue weighted by Crippen LogP contribution is 2.52. The van der Waals surface area contributed by atoms with E-state index in [2.05, 4.69) is 35.9 Å². The molecule has 0 bridgehead atoms. The molecular formula is C26H30N2O3. The third kappa shape index (κ3) is 3.41. The van der Waals surface area contributed by atoms with Crippen LogP contribution in [0.15, 0.2) is 42.6 Å². The molecule has 4 atom stereocenters. The number of carboxylic acids is 1. The third-order valence-corrected chi connectivity index (χ3v) is 7.44. The molecule has 2 aromatic carbocycles. The summed E-state index contributed by atoms with van der Waals surface area (Å²) in [5, 5.41) is 10.5. The number of aromatic amines is 1. The standard InChI is InChI=1S/C26H30N2O3/c1-15-10-19-13-28(14-22-20-8-9-27-24(20)16(2)12-23(22)31-3)25(21(19)11-15)17-4-6-18(7-5-17)26(29)30/h4-9,12,15,19,21,25,27H,10-11,13-14H2,1-3H3,(H,29,30). The van der Waals surface area contributed by atoms with E-state index in [1.54, 1.807) is 19.2 Å². The predicted molar refractivity (Wildman–Crippen MR) is 122 cm³/mol. The van der Waals surface area contributed by atoms with Gasteiger partial charge < -0.3 is 14.8 Å². The van der Waals surface area contributed by atoms with Gasteiger partial charge in [-0.3, -0.25) is 4.90 Å². The summed E-state index contributed by atoms with van der Waals surface area (Å²) in [5.41, 5.74) is 5.16. The number of carbonyl (C=O) groups is 1. The highest BCUT2D eigenvalue weighted by atomic mass is 16.5. The van der Waals surface area contributed by atoms with Crippen LogP contribution in [0.1, 0.15) is 52.9 Å². The molecule has 0 amide bonds. The lowest BCUT2D eigenvalue weighted by molar-refractivity contribution is 0.0697. The zero-order chi connectivity index (χ0) is 21.7. The van der Waals surface area contributed by atoms with E-state index in [0.29, 0.717) is 23.4 Å². The lowest BCUT2D eigenvalue weighted by Crippen LogP contribution is -2.26. The van der Waals surface area contributed by atoms with Gasteiger partial charge in [-0.2, -0.15) is 0 Å². The summed E-state index contributed by atoms with van der Waals surface area (Å²) in [6.07, 6.45) is 4.51. The first-order chi connectivity index (χ1) is 15.0. The summed E-state index contributed by atoms with van der Waals surface area (Å²) in [6, 6.07) is 12.1. The Morgan fingerprint density at radius 3 is 2.71 bits per heavy atom. The highest BCUT2D eigenvalue weighted by molar-refractivity contribution is 5.88. The van der Waals surface area contributed by atoms with E-state index >= 15 is 0 Å². The fourth-order valence-corrected chi connectivity index (χ4v) is 6.16. The number of nitrogens with one attached hydrogen (secondary N) is 1. The summed E-state index contributed by atoms with van der Waals surface area (Å²) in [6.45, 7) is 6.37. The van der Waals surface area contributed by atoms with Gasteiger partial charge in [-0.15, -0.1) is 0 Å². The van der Waals surface area contributed by atoms with Gasteiger partial charge in [0.2, 0.25) is 0 Å². The van der Waals surface area contributed by atoms with Crippen molar-refractivity contribution < 1.29 is 14.6 Å². The molecule has 0 radical (unpaired) electrons. The Morgan fingerprint density at radius 1 is 1.23 bits per heavy atom. The van der Waals surface area contributed by atoms with Crippen LogP contribution in [0.2, 0.25) is 0 Å². The van der Waals surface area contributed by atoms with Gasteiger partial charge in [0.05, 0.1) is 12.7 Å². The quantitative estimate of drug-likeness (QED) is 0.582. The molecule has 5 heteroatoms. The zero-order valence-electron chi connectivity index (χ0n) is 18.4. The number of methoxy groups -OCH3 is 1. The van der Waals surface area contributed by atoms with Crippen molar-refractivity contribution in [1.29, 1.82) is 0 Å². The molecule has 3 aromatic rings. The molecule has 0 spiro atoms. The minimum absolute atomic E-state index is 0.304. The first-order valence-electron chi connectivity index (χ1n) is 11.2. The normalized spacial score (nSPS) is 25.8. The molecule has 1 saturated heterocycles. The van der Waals surface area contributed by atoms with E-state index in [4.69, 9.17) is 4.74 Å². The number of hydrogen-bond donors (Lipinski definition) is 2. The number of likely N-dealkylation sites (tertiary alicyclic amines) is 1. The largest absolute Gasteiger partial charge is 0.496 e. The molecule has 162 valence electrons. The molecular weight excluding hydrogens is 388 g/mol. The van der Waals surface area contributed by atoms with Crippen molar-refractivity contribution in [2.45, 2.75) is 39.3 Å². The van der Waals surface area contributed by atoms with Crippen LogP contribution < -0.4 is 4.74 Å². The van der Waals surface area contributed by atoms with Crippen molar-refractivity contribution in [3.05, 3.63) is 64.8 Å². The number of benzene rings is 2. The van der Waals surface area contributed by atoms with Crippen LogP contribution >= 0.6 is 0 Å². The highest BCUT2D eigenvalue weighted by Gasteiger charge is 2.47. The second kappa shape index (κ2) is 7.72. The lowest BCUT2D eigenvalue weighted by Gasteiger charge is -2.30. The Balaban J connectivity index is 1.54. The van der Waals surface area contributed by atoms with E-state index < -0.39 is 5.97 Å². The molecule has 1 saturated carbocycles. The van der Waals surface area contributed by atoms with E-state index in [9.17, 15) is 9.90 Å². The number of aryl methyl sites for hydroxylation is 1. The molecule has 5 rings (SSSR count). The number of H-pyrrole nitrogens is 1. The van der Waals surface area contributed by atoms with Crippen molar-refractivity contribution >= 4 is 16.9 Å². The van der Waals surface area contributed by atoms with Gasteiger partial charge in [-0.1, -0.05) is 19.1 Å². The Labute approximate surface area is 183 Å². The third-order valence-electron chi connectivity index (χ3n) is 7.44. The smallest absolute Gasteiger partial charge is 0.335 e. The molecule has 1 aromatic heterocycles. The van der Waals surface area contributed by atoms with E-state index in [1.165, 1.54) is 40.4 Å². The molecule has 2 aliphatic rings. The van der Waals surface area contributed by atoms with Gasteiger partial charge in [0.25, 0.3) is 0 Å². The van der Waals surface area contributed by atoms with Crippen molar-refractivity contribution in [3.63, 3.8) is 0 Å². The van der Waals surface area contributed by atoms with Gasteiger partial charge in [0, 0.05) is 41.8 Å². The van der Waals surface area contributed by atoms with E-state index in [0.717, 1.165) is 24.8 Å². The van der Waals surface area contributed by atoms with Gasteiger partial charge >= 0.3 is 5.97 Å². The first kappa shape index (κ1) is 20.1. The number of rotatable bonds is 5. The summed E-state index contributed by atoms with van der Waals surface area (Å²) < 4.78 is 5.80. The molecule has 1 aliphatic heterocycles. The molecule has 4 unspecified atom stereocenters. The van der Waals surface area contributed by atoms with Gasteiger partial charge in [-0.05, 0) is 72.9 Å². The Hall–Kier alpha value is -2.79. The number of aromatic carboxylic acids is 1. The van der Waals surface area contributed by atoms with E-state index in [-0.39, 0.29) is 0 Å².